The van der Waals surface area contributed by atoms with E-state index in [1.807, 2.05) is 51.9 Å². The number of likely N-dealkylation sites (tertiary alicyclic amines) is 1. The average molecular weight is 343 g/mol. The molecule has 0 saturated carbocycles. The highest BCUT2D eigenvalue weighted by Gasteiger charge is 2.32. The van der Waals surface area contributed by atoms with Crippen LogP contribution in [0.5, 0.6) is 0 Å². The number of carbonyl (C=O) groups is 1. The third kappa shape index (κ3) is 2.84. The number of nitrogens with zero attached hydrogens (tertiary/aromatic N) is 5. The molecule has 0 radical (unpaired) electrons. The number of amides is 1. The number of pyridine rings is 1. The van der Waals surface area contributed by atoms with Crippen molar-refractivity contribution in [1.29, 1.82) is 5.26 Å². The zero-order chi connectivity index (χ0) is 17.9. The molecule has 6 heteroatoms. The Hall–Kier alpha value is -3.46. The van der Waals surface area contributed by atoms with Gasteiger partial charge < -0.3 is 4.90 Å². The maximum atomic E-state index is 12.8. The first-order valence-corrected chi connectivity index (χ1v) is 8.55. The topological polar surface area (TPSA) is 74.3 Å². The second-order valence-corrected chi connectivity index (χ2v) is 6.21. The Morgan fingerprint density at radius 2 is 2.04 bits per heavy atom. The van der Waals surface area contributed by atoms with Crippen LogP contribution in [0.1, 0.15) is 35.8 Å². The molecule has 3 heterocycles. The van der Waals surface area contributed by atoms with Gasteiger partial charge >= 0.3 is 0 Å². The van der Waals surface area contributed by atoms with E-state index in [0.29, 0.717) is 12.1 Å². The number of benzene rings is 1. The Morgan fingerprint density at radius 1 is 1.19 bits per heavy atom. The summed E-state index contributed by atoms with van der Waals surface area (Å²) in [5, 5.41) is 17.7. The third-order valence-corrected chi connectivity index (χ3v) is 4.66. The molecule has 0 spiro atoms. The van der Waals surface area contributed by atoms with Crippen LogP contribution in [-0.2, 0) is 4.79 Å². The summed E-state index contributed by atoms with van der Waals surface area (Å²) in [6.45, 7) is 0.690. The van der Waals surface area contributed by atoms with Gasteiger partial charge in [-0.2, -0.15) is 5.26 Å². The molecule has 4 rings (SSSR count). The minimum atomic E-state index is -0.0873. The number of carbonyl (C=O) groups excluding carboxylic acids is 1. The molecule has 1 aliphatic rings. The fourth-order valence-electron chi connectivity index (χ4n) is 3.39. The minimum Gasteiger partial charge on any atom is -0.329 e. The van der Waals surface area contributed by atoms with E-state index < -0.39 is 0 Å². The standard InChI is InChI=1S/C20H17N5O/c21-14-16-7-2-1-6-15(16)10-11-19(26)24-13-5-8-17(24)20-23-22-18-9-3-4-12-25(18)20/h1-4,6-7,9-12,17H,5,8,13H2. The van der Waals surface area contributed by atoms with Crippen molar-refractivity contribution in [3.63, 3.8) is 0 Å². The molecule has 1 saturated heterocycles. The second kappa shape index (κ2) is 6.81. The molecule has 0 N–H and O–H groups in total. The summed E-state index contributed by atoms with van der Waals surface area (Å²) in [4.78, 5) is 14.6. The van der Waals surface area contributed by atoms with Crippen LogP contribution in [0.25, 0.3) is 11.7 Å². The maximum Gasteiger partial charge on any atom is 0.247 e. The molecule has 26 heavy (non-hydrogen) atoms. The van der Waals surface area contributed by atoms with Gasteiger partial charge in [0.15, 0.2) is 11.5 Å². The predicted octanol–water partition coefficient (Wildman–Crippen LogP) is 2.98. The van der Waals surface area contributed by atoms with Crippen LogP contribution < -0.4 is 0 Å². The van der Waals surface area contributed by atoms with Gasteiger partial charge in [0.25, 0.3) is 0 Å². The van der Waals surface area contributed by atoms with E-state index in [4.69, 9.17) is 5.26 Å². The summed E-state index contributed by atoms with van der Waals surface area (Å²) in [5.74, 6) is 0.713. The number of fused-ring (bicyclic) bond motifs is 1. The summed E-state index contributed by atoms with van der Waals surface area (Å²) < 4.78 is 1.94. The molecule has 1 aromatic carbocycles. The van der Waals surface area contributed by atoms with Gasteiger partial charge in [0, 0.05) is 18.8 Å². The summed E-state index contributed by atoms with van der Waals surface area (Å²) >= 11 is 0. The highest BCUT2D eigenvalue weighted by Crippen LogP contribution is 2.31. The summed E-state index contributed by atoms with van der Waals surface area (Å²) in [5.41, 5.74) is 2.07. The lowest BCUT2D eigenvalue weighted by atomic mass is 10.1. The largest absolute Gasteiger partial charge is 0.329 e. The predicted molar refractivity (Wildman–Crippen MR) is 96.9 cm³/mol. The lowest BCUT2D eigenvalue weighted by Crippen LogP contribution is -2.30. The van der Waals surface area contributed by atoms with Gasteiger partial charge in [0.2, 0.25) is 5.91 Å². The Kier molecular flexibility index (Phi) is 4.20. The van der Waals surface area contributed by atoms with Crippen LogP contribution in [-0.4, -0.2) is 31.9 Å². The van der Waals surface area contributed by atoms with E-state index in [0.717, 1.165) is 29.9 Å². The maximum absolute atomic E-state index is 12.8. The molecule has 0 bridgehead atoms. The smallest absolute Gasteiger partial charge is 0.247 e. The highest BCUT2D eigenvalue weighted by molar-refractivity contribution is 5.92. The van der Waals surface area contributed by atoms with Crippen LogP contribution in [0.15, 0.2) is 54.7 Å². The van der Waals surface area contributed by atoms with E-state index in [1.54, 1.807) is 12.1 Å². The Bertz CT molecular complexity index is 1030. The van der Waals surface area contributed by atoms with Gasteiger partial charge in [-0.15, -0.1) is 10.2 Å². The van der Waals surface area contributed by atoms with Crippen molar-refractivity contribution >= 4 is 17.6 Å². The van der Waals surface area contributed by atoms with Gasteiger partial charge in [-0.3, -0.25) is 9.20 Å². The first kappa shape index (κ1) is 16.0. The normalized spacial score (nSPS) is 17.0. The van der Waals surface area contributed by atoms with Crippen LogP contribution in [0, 0.1) is 11.3 Å². The number of hydrogen-bond donors (Lipinski definition) is 0. The van der Waals surface area contributed by atoms with E-state index in [-0.39, 0.29) is 11.9 Å². The lowest BCUT2D eigenvalue weighted by Gasteiger charge is -2.22. The molecule has 0 aliphatic carbocycles. The summed E-state index contributed by atoms with van der Waals surface area (Å²) in [7, 11) is 0. The number of nitriles is 1. The fourth-order valence-corrected chi connectivity index (χ4v) is 3.39. The zero-order valence-electron chi connectivity index (χ0n) is 14.1. The number of rotatable bonds is 3. The molecule has 1 fully saturated rings. The molecule has 128 valence electrons. The van der Waals surface area contributed by atoms with Crippen LogP contribution in [0.4, 0.5) is 0 Å². The number of hydrogen-bond acceptors (Lipinski definition) is 4. The highest BCUT2D eigenvalue weighted by atomic mass is 16.2. The average Bonchev–Trinajstić information content (AvgIpc) is 3.32. The molecule has 1 unspecified atom stereocenters. The Labute approximate surface area is 151 Å². The SMILES string of the molecule is N#Cc1ccccc1C=CC(=O)N1CCCC1c1nnc2ccccn12. The van der Waals surface area contributed by atoms with Gasteiger partial charge in [-0.1, -0.05) is 24.3 Å². The van der Waals surface area contributed by atoms with Crippen molar-refractivity contribution in [2.24, 2.45) is 0 Å². The van der Waals surface area contributed by atoms with Crippen LogP contribution in [0.2, 0.25) is 0 Å². The molecule has 6 nitrogen and oxygen atoms in total. The molecular formula is C20H17N5O. The summed E-state index contributed by atoms with van der Waals surface area (Å²) in [6, 6.07) is 15.0. The van der Waals surface area contributed by atoms with Crippen LogP contribution >= 0.6 is 0 Å². The molecule has 2 aromatic heterocycles. The second-order valence-electron chi connectivity index (χ2n) is 6.21. The van der Waals surface area contributed by atoms with Crippen molar-refractivity contribution in [3.8, 4) is 6.07 Å². The molecular weight excluding hydrogens is 326 g/mol. The Balaban J connectivity index is 1.59. The number of aromatic nitrogens is 3. The zero-order valence-corrected chi connectivity index (χ0v) is 14.1. The van der Waals surface area contributed by atoms with E-state index in [9.17, 15) is 4.79 Å². The monoisotopic (exact) mass is 343 g/mol. The molecule has 3 aromatic rings. The first-order valence-electron chi connectivity index (χ1n) is 8.55. The van der Waals surface area contributed by atoms with Crippen molar-refractivity contribution in [1.82, 2.24) is 19.5 Å². The van der Waals surface area contributed by atoms with E-state index in [2.05, 4.69) is 16.3 Å². The van der Waals surface area contributed by atoms with Crippen molar-refractivity contribution in [2.45, 2.75) is 18.9 Å². The van der Waals surface area contributed by atoms with E-state index in [1.165, 1.54) is 6.08 Å². The van der Waals surface area contributed by atoms with Crippen molar-refractivity contribution < 1.29 is 4.79 Å². The molecule has 1 aliphatic heterocycles. The van der Waals surface area contributed by atoms with Gasteiger partial charge in [-0.25, -0.2) is 0 Å². The fraction of sp³-hybridized carbons (Fsp3) is 0.200. The van der Waals surface area contributed by atoms with Gasteiger partial charge in [0.1, 0.15) is 0 Å². The van der Waals surface area contributed by atoms with E-state index >= 15 is 0 Å². The first-order chi connectivity index (χ1) is 12.8. The van der Waals surface area contributed by atoms with Crippen LogP contribution in [0.3, 0.4) is 0 Å². The molecule has 1 atom stereocenters. The van der Waals surface area contributed by atoms with Gasteiger partial charge in [0.05, 0.1) is 17.7 Å². The Morgan fingerprint density at radius 3 is 2.92 bits per heavy atom. The lowest BCUT2D eigenvalue weighted by molar-refractivity contribution is -0.127. The molecule has 1 amide bonds. The van der Waals surface area contributed by atoms with Gasteiger partial charge in [-0.05, 0) is 42.7 Å². The minimum absolute atomic E-state index is 0.0760. The van der Waals surface area contributed by atoms with Crippen molar-refractivity contribution in [3.05, 3.63) is 71.7 Å². The third-order valence-electron chi connectivity index (χ3n) is 4.66. The van der Waals surface area contributed by atoms with Crippen molar-refractivity contribution in [2.75, 3.05) is 6.54 Å². The quantitative estimate of drug-likeness (QED) is 0.685. The summed E-state index contributed by atoms with van der Waals surface area (Å²) in [6.07, 6.45) is 6.96.